The molecule has 2 heterocycles. The van der Waals surface area contributed by atoms with Crippen LogP contribution in [0.25, 0.3) is 0 Å². The van der Waals surface area contributed by atoms with Crippen LogP contribution in [-0.2, 0) is 0 Å². The Kier molecular flexibility index (Phi) is 4.72. The van der Waals surface area contributed by atoms with Crippen LogP contribution in [0.1, 0.15) is 30.8 Å². The van der Waals surface area contributed by atoms with Crippen molar-refractivity contribution < 1.29 is 4.79 Å². The Morgan fingerprint density at radius 2 is 2.11 bits per heavy atom. The summed E-state index contributed by atoms with van der Waals surface area (Å²) in [7, 11) is 0. The largest absolute Gasteiger partial charge is 0.335 e. The molecule has 4 nitrogen and oxygen atoms in total. The number of piperazine rings is 1. The summed E-state index contributed by atoms with van der Waals surface area (Å²) in [6.45, 7) is 9.29. The van der Waals surface area contributed by atoms with Crippen LogP contribution in [0, 0.1) is 5.92 Å². The minimum absolute atomic E-state index is 0.0831. The van der Waals surface area contributed by atoms with Gasteiger partial charge in [0.15, 0.2) is 0 Å². The molecule has 0 aromatic carbocycles. The summed E-state index contributed by atoms with van der Waals surface area (Å²) in [5, 5.41) is 1.83. The molecule has 0 N–H and O–H groups in total. The van der Waals surface area contributed by atoms with Gasteiger partial charge < -0.3 is 4.90 Å². The Bertz CT molecular complexity index is 370. The fourth-order valence-corrected chi connectivity index (χ4v) is 2.62. The molecular weight excluding hydrogens is 246 g/mol. The number of amides is 1. The van der Waals surface area contributed by atoms with Gasteiger partial charge in [0.1, 0.15) is 5.69 Å². The molecule has 0 radical (unpaired) electrons. The van der Waals surface area contributed by atoms with E-state index < -0.39 is 0 Å². The van der Waals surface area contributed by atoms with Crippen LogP contribution in [0.15, 0.2) is 10.9 Å². The Hall–Kier alpha value is -0.940. The number of thiazole rings is 1. The van der Waals surface area contributed by atoms with E-state index in [1.807, 2.05) is 10.3 Å². The maximum atomic E-state index is 12.1. The SMILES string of the molecule is CC(C)CCN1CCN(C(=O)c2cscn2)CC1. The van der Waals surface area contributed by atoms with Gasteiger partial charge in [-0.05, 0) is 18.9 Å². The third-order valence-corrected chi connectivity index (χ3v) is 3.92. The second-order valence-corrected chi connectivity index (χ2v) is 5.91. The van der Waals surface area contributed by atoms with E-state index in [-0.39, 0.29) is 5.91 Å². The van der Waals surface area contributed by atoms with Gasteiger partial charge in [-0.1, -0.05) is 13.8 Å². The van der Waals surface area contributed by atoms with Crippen molar-refractivity contribution in [3.8, 4) is 0 Å². The highest BCUT2D eigenvalue weighted by Crippen LogP contribution is 2.10. The van der Waals surface area contributed by atoms with E-state index in [0.29, 0.717) is 5.69 Å². The van der Waals surface area contributed by atoms with Crippen LogP contribution in [0.3, 0.4) is 0 Å². The van der Waals surface area contributed by atoms with Gasteiger partial charge >= 0.3 is 0 Å². The van der Waals surface area contributed by atoms with E-state index in [4.69, 9.17) is 0 Å². The molecule has 0 bridgehead atoms. The van der Waals surface area contributed by atoms with Crippen molar-refractivity contribution in [2.75, 3.05) is 32.7 Å². The zero-order valence-electron chi connectivity index (χ0n) is 11.1. The first kappa shape index (κ1) is 13.5. The van der Waals surface area contributed by atoms with Gasteiger partial charge in [0.2, 0.25) is 0 Å². The molecule has 1 saturated heterocycles. The van der Waals surface area contributed by atoms with Gasteiger partial charge in [-0.15, -0.1) is 11.3 Å². The van der Waals surface area contributed by atoms with Crippen molar-refractivity contribution in [3.63, 3.8) is 0 Å². The Balaban J connectivity index is 1.78. The summed E-state index contributed by atoms with van der Waals surface area (Å²) in [6, 6.07) is 0. The minimum atomic E-state index is 0.0831. The third-order valence-electron chi connectivity index (χ3n) is 3.33. The standard InChI is InChI=1S/C13H21N3OS/c1-11(2)3-4-15-5-7-16(8-6-15)13(17)12-9-18-10-14-12/h9-11H,3-8H2,1-2H3. The van der Waals surface area contributed by atoms with Crippen molar-refractivity contribution in [2.24, 2.45) is 5.92 Å². The first-order valence-electron chi connectivity index (χ1n) is 6.56. The Morgan fingerprint density at radius 1 is 1.39 bits per heavy atom. The van der Waals surface area contributed by atoms with Gasteiger partial charge in [0, 0.05) is 31.6 Å². The zero-order chi connectivity index (χ0) is 13.0. The monoisotopic (exact) mass is 267 g/mol. The third kappa shape index (κ3) is 3.53. The highest BCUT2D eigenvalue weighted by atomic mass is 32.1. The predicted molar refractivity (Wildman–Crippen MR) is 73.9 cm³/mol. The maximum absolute atomic E-state index is 12.1. The van der Waals surface area contributed by atoms with E-state index in [1.165, 1.54) is 17.8 Å². The van der Waals surface area contributed by atoms with Crippen LogP contribution in [-0.4, -0.2) is 53.4 Å². The molecule has 100 valence electrons. The van der Waals surface area contributed by atoms with Gasteiger partial charge in [0.05, 0.1) is 5.51 Å². The van der Waals surface area contributed by atoms with Crippen molar-refractivity contribution in [3.05, 3.63) is 16.6 Å². The fourth-order valence-electron chi connectivity index (χ4n) is 2.10. The predicted octanol–water partition coefficient (Wildman–Crippen LogP) is 1.95. The number of carbonyl (C=O) groups excluding carboxylic acids is 1. The molecule has 0 atom stereocenters. The van der Waals surface area contributed by atoms with Crippen LogP contribution in [0.4, 0.5) is 0 Å². The maximum Gasteiger partial charge on any atom is 0.273 e. The van der Waals surface area contributed by atoms with Gasteiger partial charge in [-0.3, -0.25) is 9.69 Å². The van der Waals surface area contributed by atoms with Crippen molar-refractivity contribution in [1.82, 2.24) is 14.8 Å². The van der Waals surface area contributed by atoms with Crippen LogP contribution >= 0.6 is 11.3 Å². The Morgan fingerprint density at radius 3 is 2.67 bits per heavy atom. The average molecular weight is 267 g/mol. The molecule has 5 heteroatoms. The summed E-state index contributed by atoms with van der Waals surface area (Å²) in [5.41, 5.74) is 2.31. The van der Waals surface area contributed by atoms with E-state index in [9.17, 15) is 4.79 Å². The van der Waals surface area contributed by atoms with Crippen LogP contribution in [0.2, 0.25) is 0 Å². The van der Waals surface area contributed by atoms with Gasteiger partial charge in [-0.2, -0.15) is 0 Å². The number of carbonyl (C=O) groups is 1. The minimum Gasteiger partial charge on any atom is -0.335 e. The Labute approximate surface area is 113 Å². The number of aromatic nitrogens is 1. The van der Waals surface area contributed by atoms with Crippen molar-refractivity contribution >= 4 is 17.2 Å². The number of hydrogen-bond donors (Lipinski definition) is 0. The van der Waals surface area contributed by atoms with Crippen molar-refractivity contribution in [2.45, 2.75) is 20.3 Å². The molecule has 0 spiro atoms. The fraction of sp³-hybridized carbons (Fsp3) is 0.692. The second-order valence-electron chi connectivity index (χ2n) is 5.19. The molecule has 1 fully saturated rings. The zero-order valence-corrected chi connectivity index (χ0v) is 11.9. The number of rotatable bonds is 4. The van der Waals surface area contributed by atoms with E-state index in [2.05, 4.69) is 23.7 Å². The quantitative estimate of drug-likeness (QED) is 0.836. The summed E-state index contributed by atoms with van der Waals surface area (Å²) in [4.78, 5) is 20.5. The van der Waals surface area contributed by atoms with E-state index >= 15 is 0 Å². The topological polar surface area (TPSA) is 36.4 Å². The summed E-state index contributed by atoms with van der Waals surface area (Å²) in [6.07, 6.45) is 1.24. The lowest BCUT2D eigenvalue weighted by atomic mass is 10.1. The molecule has 1 aromatic heterocycles. The molecule has 1 aromatic rings. The number of nitrogens with zero attached hydrogens (tertiary/aromatic N) is 3. The number of hydrogen-bond acceptors (Lipinski definition) is 4. The van der Waals surface area contributed by atoms with Gasteiger partial charge in [-0.25, -0.2) is 4.98 Å². The van der Waals surface area contributed by atoms with Crippen LogP contribution in [0.5, 0.6) is 0 Å². The lowest BCUT2D eigenvalue weighted by Crippen LogP contribution is -2.49. The summed E-state index contributed by atoms with van der Waals surface area (Å²) in [5.74, 6) is 0.833. The first-order valence-corrected chi connectivity index (χ1v) is 7.51. The molecule has 0 saturated carbocycles. The summed E-state index contributed by atoms with van der Waals surface area (Å²) < 4.78 is 0. The molecule has 0 aliphatic carbocycles. The molecular formula is C13H21N3OS. The molecule has 0 unspecified atom stereocenters. The van der Waals surface area contributed by atoms with E-state index in [0.717, 1.165) is 38.6 Å². The molecule has 18 heavy (non-hydrogen) atoms. The summed E-state index contributed by atoms with van der Waals surface area (Å²) >= 11 is 1.47. The first-order chi connectivity index (χ1) is 8.66. The van der Waals surface area contributed by atoms with Crippen molar-refractivity contribution in [1.29, 1.82) is 0 Å². The van der Waals surface area contributed by atoms with Crippen LogP contribution < -0.4 is 0 Å². The highest BCUT2D eigenvalue weighted by molar-refractivity contribution is 7.07. The van der Waals surface area contributed by atoms with E-state index in [1.54, 1.807) is 5.51 Å². The lowest BCUT2D eigenvalue weighted by Gasteiger charge is -2.34. The average Bonchev–Trinajstić information content (AvgIpc) is 2.90. The molecule has 2 rings (SSSR count). The molecule has 1 aliphatic heterocycles. The highest BCUT2D eigenvalue weighted by Gasteiger charge is 2.22. The lowest BCUT2D eigenvalue weighted by molar-refractivity contribution is 0.0627. The second kappa shape index (κ2) is 6.29. The molecule has 1 amide bonds. The van der Waals surface area contributed by atoms with Gasteiger partial charge in [0.25, 0.3) is 5.91 Å². The molecule has 1 aliphatic rings. The normalized spacial score (nSPS) is 17.4. The smallest absolute Gasteiger partial charge is 0.273 e.